The summed E-state index contributed by atoms with van der Waals surface area (Å²) in [6.07, 6.45) is 2.04. The first-order chi connectivity index (χ1) is 11.7. The molecule has 0 aromatic carbocycles. The highest BCUT2D eigenvalue weighted by atomic mass is 35.5. The Morgan fingerprint density at radius 2 is 1.96 bits per heavy atom. The van der Waals surface area contributed by atoms with Gasteiger partial charge >= 0.3 is 12.1 Å². The second-order valence-corrected chi connectivity index (χ2v) is 7.47. The molecule has 1 aliphatic heterocycles. The van der Waals surface area contributed by atoms with Crippen LogP contribution in [0.2, 0.25) is 5.15 Å². The predicted molar refractivity (Wildman–Crippen MR) is 94.6 cm³/mol. The molecule has 1 amide bonds. The van der Waals surface area contributed by atoms with E-state index in [0.29, 0.717) is 36.6 Å². The molecule has 1 aromatic heterocycles. The minimum atomic E-state index is -0.889. The number of piperidine rings is 1. The number of likely N-dealkylation sites (tertiary alicyclic amines) is 1. The largest absolute Gasteiger partial charge is 0.465 e. The Morgan fingerprint density at radius 3 is 2.48 bits per heavy atom. The van der Waals surface area contributed by atoms with Gasteiger partial charge in [-0.05, 0) is 46.6 Å². The van der Waals surface area contributed by atoms with E-state index in [1.807, 2.05) is 20.8 Å². The van der Waals surface area contributed by atoms with Crippen LogP contribution in [0.15, 0.2) is 18.3 Å². The van der Waals surface area contributed by atoms with Crippen molar-refractivity contribution in [3.63, 3.8) is 0 Å². The van der Waals surface area contributed by atoms with Crippen LogP contribution in [0.4, 0.5) is 4.79 Å². The number of rotatable bonds is 3. The molecule has 2 heterocycles. The lowest BCUT2D eigenvalue weighted by molar-refractivity contribution is -0.152. The molecule has 2 rings (SSSR count). The monoisotopic (exact) mass is 368 g/mol. The molecule has 0 atom stereocenters. The molecule has 25 heavy (non-hydrogen) atoms. The fourth-order valence-electron chi connectivity index (χ4n) is 2.99. The number of hydrogen-bond acceptors (Lipinski definition) is 5. The number of carbonyl (C=O) groups excluding carboxylic acids is 2. The van der Waals surface area contributed by atoms with Crippen LogP contribution in [-0.2, 0) is 19.7 Å². The summed E-state index contributed by atoms with van der Waals surface area (Å²) in [7, 11) is 0. The lowest BCUT2D eigenvalue weighted by Crippen LogP contribution is -2.50. The third kappa shape index (κ3) is 4.42. The normalized spacial score (nSPS) is 17.1. The molecule has 7 heteroatoms. The maximum atomic E-state index is 12.7. The van der Waals surface area contributed by atoms with Crippen LogP contribution in [0.5, 0.6) is 0 Å². The summed E-state index contributed by atoms with van der Waals surface area (Å²) < 4.78 is 10.7. The van der Waals surface area contributed by atoms with Gasteiger partial charge in [0.25, 0.3) is 0 Å². The molecule has 138 valence electrons. The van der Waals surface area contributed by atoms with Crippen molar-refractivity contribution in [2.75, 3.05) is 19.7 Å². The van der Waals surface area contributed by atoms with E-state index in [2.05, 4.69) is 4.98 Å². The zero-order chi connectivity index (χ0) is 18.7. The molecular weight excluding hydrogens is 344 g/mol. The Morgan fingerprint density at radius 1 is 1.32 bits per heavy atom. The van der Waals surface area contributed by atoms with E-state index < -0.39 is 11.0 Å². The molecule has 1 aliphatic rings. The fourth-order valence-corrected chi connectivity index (χ4v) is 3.29. The Bertz CT molecular complexity index is 634. The Hall–Kier alpha value is -1.82. The zero-order valence-corrected chi connectivity index (χ0v) is 15.9. The van der Waals surface area contributed by atoms with Crippen molar-refractivity contribution in [1.29, 1.82) is 0 Å². The summed E-state index contributed by atoms with van der Waals surface area (Å²) in [5.41, 5.74) is -0.793. The van der Waals surface area contributed by atoms with Gasteiger partial charge in [0.05, 0.1) is 12.0 Å². The number of hydrogen-bond donors (Lipinski definition) is 0. The summed E-state index contributed by atoms with van der Waals surface area (Å²) in [6.45, 7) is 8.31. The summed E-state index contributed by atoms with van der Waals surface area (Å²) in [6, 6.07) is 3.55. The van der Waals surface area contributed by atoms with E-state index in [-0.39, 0.29) is 18.7 Å². The smallest absolute Gasteiger partial charge is 0.410 e. The van der Waals surface area contributed by atoms with Crippen LogP contribution >= 0.6 is 11.6 Å². The predicted octanol–water partition coefficient (Wildman–Crippen LogP) is 3.57. The summed E-state index contributed by atoms with van der Waals surface area (Å²) >= 11 is 6.25. The quantitative estimate of drug-likeness (QED) is 0.602. The van der Waals surface area contributed by atoms with Gasteiger partial charge in [-0.15, -0.1) is 0 Å². The molecule has 1 saturated heterocycles. The van der Waals surface area contributed by atoms with Crippen molar-refractivity contribution in [3.05, 3.63) is 29.0 Å². The van der Waals surface area contributed by atoms with Gasteiger partial charge in [0.15, 0.2) is 0 Å². The van der Waals surface area contributed by atoms with Gasteiger partial charge in [0.1, 0.15) is 10.8 Å². The molecule has 0 saturated carbocycles. The third-order valence-corrected chi connectivity index (χ3v) is 4.51. The molecule has 0 spiro atoms. The Kier molecular flexibility index (Phi) is 5.93. The number of nitrogens with zero attached hydrogens (tertiary/aromatic N) is 2. The first-order valence-electron chi connectivity index (χ1n) is 8.46. The SMILES string of the molecule is CCOC(=O)C1(c2cccnc2Cl)CCN(C(=O)OC(C)(C)C)CC1. The fraction of sp³-hybridized carbons (Fsp3) is 0.611. The van der Waals surface area contributed by atoms with Crippen molar-refractivity contribution in [1.82, 2.24) is 9.88 Å². The minimum Gasteiger partial charge on any atom is -0.465 e. The van der Waals surface area contributed by atoms with E-state index in [4.69, 9.17) is 21.1 Å². The number of esters is 1. The molecule has 0 radical (unpaired) electrons. The molecule has 0 N–H and O–H groups in total. The summed E-state index contributed by atoms with van der Waals surface area (Å²) in [4.78, 5) is 30.7. The molecule has 1 aromatic rings. The van der Waals surface area contributed by atoms with Crippen molar-refractivity contribution in [2.45, 2.75) is 51.6 Å². The van der Waals surface area contributed by atoms with Gasteiger partial charge < -0.3 is 14.4 Å². The van der Waals surface area contributed by atoms with Crippen LogP contribution in [0.25, 0.3) is 0 Å². The van der Waals surface area contributed by atoms with Crippen molar-refractivity contribution >= 4 is 23.7 Å². The van der Waals surface area contributed by atoms with E-state index in [1.165, 1.54) is 0 Å². The van der Waals surface area contributed by atoms with Crippen LogP contribution in [0.1, 0.15) is 46.1 Å². The van der Waals surface area contributed by atoms with Crippen molar-refractivity contribution in [3.8, 4) is 0 Å². The topological polar surface area (TPSA) is 68.7 Å². The van der Waals surface area contributed by atoms with E-state index in [0.717, 1.165) is 0 Å². The van der Waals surface area contributed by atoms with E-state index in [1.54, 1.807) is 30.2 Å². The van der Waals surface area contributed by atoms with Crippen LogP contribution < -0.4 is 0 Å². The Balaban J connectivity index is 2.23. The number of halogens is 1. The molecular formula is C18H25ClN2O4. The van der Waals surface area contributed by atoms with Gasteiger partial charge in [0, 0.05) is 24.8 Å². The summed E-state index contributed by atoms with van der Waals surface area (Å²) in [5.74, 6) is -0.325. The number of carbonyl (C=O) groups is 2. The lowest BCUT2D eigenvalue weighted by atomic mass is 9.73. The Labute approximate surface area is 153 Å². The highest BCUT2D eigenvalue weighted by molar-refractivity contribution is 6.30. The molecule has 1 fully saturated rings. The standard InChI is InChI=1S/C18H25ClN2O4/c1-5-24-15(22)18(13-7-6-10-20-14(13)19)8-11-21(12-9-18)16(23)25-17(2,3)4/h6-7,10H,5,8-9,11-12H2,1-4H3. The highest BCUT2D eigenvalue weighted by Gasteiger charge is 2.47. The average molecular weight is 369 g/mol. The number of aromatic nitrogens is 1. The highest BCUT2D eigenvalue weighted by Crippen LogP contribution is 2.39. The zero-order valence-electron chi connectivity index (χ0n) is 15.2. The second-order valence-electron chi connectivity index (χ2n) is 7.11. The molecule has 0 unspecified atom stereocenters. The van der Waals surface area contributed by atoms with Crippen molar-refractivity contribution in [2.24, 2.45) is 0 Å². The second kappa shape index (κ2) is 7.60. The first-order valence-corrected chi connectivity index (χ1v) is 8.83. The van der Waals surface area contributed by atoms with E-state index in [9.17, 15) is 9.59 Å². The molecule has 0 bridgehead atoms. The van der Waals surface area contributed by atoms with Gasteiger partial charge in [-0.25, -0.2) is 9.78 Å². The van der Waals surface area contributed by atoms with Gasteiger partial charge in [-0.3, -0.25) is 4.79 Å². The first kappa shape index (κ1) is 19.5. The van der Waals surface area contributed by atoms with Crippen LogP contribution in [-0.4, -0.2) is 47.2 Å². The van der Waals surface area contributed by atoms with Crippen LogP contribution in [0.3, 0.4) is 0 Å². The minimum absolute atomic E-state index is 0.286. The maximum absolute atomic E-state index is 12.7. The van der Waals surface area contributed by atoms with E-state index >= 15 is 0 Å². The number of amides is 1. The average Bonchev–Trinajstić information content (AvgIpc) is 2.54. The third-order valence-electron chi connectivity index (χ3n) is 4.21. The van der Waals surface area contributed by atoms with Crippen molar-refractivity contribution < 1.29 is 19.1 Å². The molecule has 6 nitrogen and oxygen atoms in total. The number of pyridine rings is 1. The van der Waals surface area contributed by atoms with Gasteiger partial charge in [-0.1, -0.05) is 17.7 Å². The maximum Gasteiger partial charge on any atom is 0.410 e. The van der Waals surface area contributed by atoms with Gasteiger partial charge in [-0.2, -0.15) is 0 Å². The molecule has 0 aliphatic carbocycles. The lowest BCUT2D eigenvalue weighted by Gasteiger charge is -2.40. The summed E-state index contributed by atoms with van der Waals surface area (Å²) in [5, 5.41) is 0.293. The van der Waals surface area contributed by atoms with Crippen LogP contribution in [0, 0.1) is 0 Å². The van der Waals surface area contributed by atoms with Gasteiger partial charge in [0.2, 0.25) is 0 Å². The number of ether oxygens (including phenoxy) is 2.